The predicted molar refractivity (Wildman–Crippen MR) is 47.0 cm³/mol. The van der Waals surface area contributed by atoms with E-state index >= 15 is 0 Å². The second kappa shape index (κ2) is 2.49. The van der Waals surface area contributed by atoms with Crippen LogP contribution in [0, 0.1) is 5.92 Å². The highest BCUT2D eigenvalue weighted by molar-refractivity contribution is 6.04. The van der Waals surface area contributed by atoms with Gasteiger partial charge in [-0.05, 0) is 18.6 Å². The van der Waals surface area contributed by atoms with Crippen molar-refractivity contribution in [3.05, 3.63) is 23.3 Å². The third kappa shape index (κ3) is 1.00. The van der Waals surface area contributed by atoms with Gasteiger partial charge in [0.05, 0.1) is 5.56 Å². The molecule has 1 aromatic rings. The Balaban J connectivity index is 2.68. The number of carbonyl (C=O) groups is 1. The summed E-state index contributed by atoms with van der Waals surface area (Å²) < 4.78 is 0. The van der Waals surface area contributed by atoms with Gasteiger partial charge in [0, 0.05) is 11.5 Å². The van der Waals surface area contributed by atoms with Crippen molar-refractivity contribution in [3.63, 3.8) is 0 Å². The number of hydrogen-bond acceptors (Lipinski definition) is 3. The van der Waals surface area contributed by atoms with Crippen LogP contribution >= 0.6 is 0 Å². The molecule has 2 rings (SSSR count). The number of hydrogen-bond donors (Lipinski definition) is 2. The Labute approximate surface area is 75.6 Å². The highest BCUT2D eigenvalue weighted by Gasteiger charge is 2.31. The zero-order valence-corrected chi connectivity index (χ0v) is 7.24. The summed E-state index contributed by atoms with van der Waals surface area (Å²) in [5, 5.41) is 18.8. The summed E-state index contributed by atoms with van der Waals surface area (Å²) in [6.07, 6.45) is 0.522. The number of ketones is 1. The molecule has 2 N–H and O–H groups in total. The molecule has 1 aromatic carbocycles. The van der Waals surface area contributed by atoms with Gasteiger partial charge in [-0.3, -0.25) is 4.79 Å². The van der Waals surface area contributed by atoms with E-state index < -0.39 is 0 Å². The topological polar surface area (TPSA) is 57.5 Å². The number of phenolic OH excluding ortho intramolecular Hbond substituents is 2. The van der Waals surface area contributed by atoms with E-state index in [2.05, 4.69) is 0 Å². The standard InChI is InChI=1S/C10H10O3/c1-5-4-6-7(11)2-3-8(12)9(6)10(5)13/h2-3,5,11-12H,4H2,1H3. The van der Waals surface area contributed by atoms with Gasteiger partial charge in [-0.2, -0.15) is 0 Å². The van der Waals surface area contributed by atoms with E-state index in [4.69, 9.17) is 0 Å². The lowest BCUT2D eigenvalue weighted by atomic mass is 10.1. The first-order valence-corrected chi connectivity index (χ1v) is 4.19. The Morgan fingerprint density at radius 3 is 2.54 bits per heavy atom. The quantitative estimate of drug-likeness (QED) is 0.591. The van der Waals surface area contributed by atoms with Crippen molar-refractivity contribution in [1.29, 1.82) is 0 Å². The second-order valence-corrected chi connectivity index (χ2v) is 3.43. The zero-order valence-electron chi connectivity index (χ0n) is 7.24. The number of fused-ring (bicyclic) bond motifs is 1. The van der Waals surface area contributed by atoms with E-state index in [-0.39, 0.29) is 23.2 Å². The van der Waals surface area contributed by atoms with Gasteiger partial charge in [0.25, 0.3) is 0 Å². The smallest absolute Gasteiger partial charge is 0.170 e. The molecule has 0 saturated carbocycles. The molecule has 0 amide bonds. The average Bonchev–Trinajstić information content (AvgIpc) is 2.38. The maximum absolute atomic E-state index is 11.5. The van der Waals surface area contributed by atoms with Crippen LogP contribution in [0.3, 0.4) is 0 Å². The highest BCUT2D eigenvalue weighted by Crippen LogP contribution is 2.37. The fourth-order valence-corrected chi connectivity index (χ4v) is 1.75. The summed E-state index contributed by atoms with van der Waals surface area (Å²) in [5.74, 6) is -0.134. The number of rotatable bonds is 0. The van der Waals surface area contributed by atoms with Crippen LogP contribution < -0.4 is 0 Å². The first kappa shape index (κ1) is 8.10. The van der Waals surface area contributed by atoms with Crippen LogP contribution in [-0.4, -0.2) is 16.0 Å². The van der Waals surface area contributed by atoms with Gasteiger partial charge in [-0.15, -0.1) is 0 Å². The largest absolute Gasteiger partial charge is 0.508 e. The Kier molecular flexibility index (Phi) is 1.55. The van der Waals surface area contributed by atoms with Crippen LogP contribution in [-0.2, 0) is 6.42 Å². The minimum absolute atomic E-state index is 0.0258. The Hall–Kier alpha value is -1.51. The van der Waals surface area contributed by atoms with Gasteiger partial charge in [0.1, 0.15) is 11.5 Å². The third-order valence-electron chi connectivity index (χ3n) is 2.47. The first-order chi connectivity index (χ1) is 6.11. The molecule has 1 atom stereocenters. The van der Waals surface area contributed by atoms with Crippen LogP contribution in [0.4, 0.5) is 0 Å². The number of aromatic hydroxyl groups is 2. The van der Waals surface area contributed by atoms with Crippen LogP contribution in [0.25, 0.3) is 0 Å². The molecule has 1 aliphatic carbocycles. The fourth-order valence-electron chi connectivity index (χ4n) is 1.75. The van der Waals surface area contributed by atoms with E-state index in [0.717, 1.165) is 0 Å². The molecule has 0 fully saturated rings. The Morgan fingerprint density at radius 1 is 1.31 bits per heavy atom. The normalized spacial score (nSPS) is 20.4. The van der Waals surface area contributed by atoms with E-state index in [0.29, 0.717) is 17.5 Å². The van der Waals surface area contributed by atoms with Gasteiger partial charge in [0.15, 0.2) is 5.78 Å². The maximum Gasteiger partial charge on any atom is 0.170 e. The van der Waals surface area contributed by atoms with Gasteiger partial charge in [0.2, 0.25) is 0 Å². The minimum Gasteiger partial charge on any atom is -0.508 e. The van der Waals surface area contributed by atoms with E-state index in [9.17, 15) is 15.0 Å². The summed E-state index contributed by atoms with van der Waals surface area (Å²) in [4.78, 5) is 11.5. The predicted octanol–water partition coefficient (Wildman–Crippen LogP) is 1.47. The molecule has 0 bridgehead atoms. The molecule has 0 aromatic heterocycles. The van der Waals surface area contributed by atoms with Crippen molar-refractivity contribution in [2.45, 2.75) is 13.3 Å². The molecule has 0 spiro atoms. The van der Waals surface area contributed by atoms with E-state index in [1.165, 1.54) is 12.1 Å². The molecule has 68 valence electrons. The number of phenols is 2. The average molecular weight is 178 g/mol. The molecule has 1 aliphatic rings. The molecular weight excluding hydrogens is 168 g/mol. The third-order valence-corrected chi connectivity index (χ3v) is 2.47. The van der Waals surface area contributed by atoms with E-state index in [1.807, 2.05) is 0 Å². The van der Waals surface area contributed by atoms with Crippen LogP contribution in [0.5, 0.6) is 11.5 Å². The number of Topliss-reactive ketones (excluding diaryl/α,β-unsaturated/α-hetero) is 1. The van der Waals surface area contributed by atoms with Crippen LogP contribution in [0.1, 0.15) is 22.8 Å². The van der Waals surface area contributed by atoms with Crippen LogP contribution in [0.15, 0.2) is 12.1 Å². The molecule has 0 heterocycles. The summed E-state index contributed by atoms with van der Waals surface area (Å²) in [6.45, 7) is 1.79. The second-order valence-electron chi connectivity index (χ2n) is 3.43. The van der Waals surface area contributed by atoms with Crippen molar-refractivity contribution >= 4 is 5.78 Å². The summed E-state index contributed by atoms with van der Waals surface area (Å²) >= 11 is 0. The van der Waals surface area contributed by atoms with Gasteiger partial charge in [-0.25, -0.2) is 0 Å². The summed E-state index contributed by atoms with van der Waals surface area (Å²) in [5.41, 5.74) is 0.880. The zero-order chi connectivity index (χ0) is 9.59. The lowest BCUT2D eigenvalue weighted by molar-refractivity contribution is 0.0944. The van der Waals surface area contributed by atoms with Crippen molar-refractivity contribution in [1.82, 2.24) is 0 Å². The van der Waals surface area contributed by atoms with Gasteiger partial charge < -0.3 is 10.2 Å². The van der Waals surface area contributed by atoms with Crippen LogP contribution in [0.2, 0.25) is 0 Å². The molecule has 0 saturated heterocycles. The van der Waals surface area contributed by atoms with E-state index in [1.54, 1.807) is 6.92 Å². The van der Waals surface area contributed by atoms with Gasteiger partial charge >= 0.3 is 0 Å². The molecule has 3 heteroatoms. The molecule has 1 unspecified atom stereocenters. The SMILES string of the molecule is CC1Cc2c(O)ccc(O)c2C1=O. The fraction of sp³-hybridized carbons (Fsp3) is 0.300. The lowest BCUT2D eigenvalue weighted by Crippen LogP contribution is -2.03. The molecular formula is C10H10O3. The number of carbonyl (C=O) groups excluding carboxylic acids is 1. The van der Waals surface area contributed by atoms with Gasteiger partial charge in [-0.1, -0.05) is 6.92 Å². The lowest BCUT2D eigenvalue weighted by Gasteiger charge is -2.02. The Bertz CT molecular complexity index is 382. The molecule has 13 heavy (non-hydrogen) atoms. The Morgan fingerprint density at radius 2 is 1.92 bits per heavy atom. The molecule has 0 aliphatic heterocycles. The first-order valence-electron chi connectivity index (χ1n) is 4.19. The minimum atomic E-state index is -0.130. The van der Waals surface area contributed by atoms with Crippen molar-refractivity contribution in [3.8, 4) is 11.5 Å². The highest BCUT2D eigenvalue weighted by atomic mass is 16.3. The maximum atomic E-state index is 11.5. The monoisotopic (exact) mass is 178 g/mol. The van der Waals surface area contributed by atoms with Crippen molar-refractivity contribution in [2.75, 3.05) is 0 Å². The molecule has 3 nitrogen and oxygen atoms in total. The molecule has 0 radical (unpaired) electrons. The van der Waals surface area contributed by atoms with Crippen molar-refractivity contribution in [2.24, 2.45) is 5.92 Å². The summed E-state index contributed by atoms with van der Waals surface area (Å²) in [7, 11) is 0. The summed E-state index contributed by atoms with van der Waals surface area (Å²) in [6, 6.07) is 2.77. The van der Waals surface area contributed by atoms with Crippen molar-refractivity contribution < 1.29 is 15.0 Å². The number of benzene rings is 1.